The van der Waals surface area contributed by atoms with Gasteiger partial charge in [-0.15, -0.1) is 0 Å². The average Bonchev–Trinajstić information content (AvgIpc) is 2.82. The molecule has 0 radical (unpaired) electrons. The number of benzene rings is 2. The molecule has 6 nitrogen and oxygen atoms in total. The van der Waals surface area contributed by atoms with E-state index in [4.69, 9.17) is 16.3 Å². The Morgan fingerprint density at radius 1 is 1.03 bits per heavy atom. The van der Waals surface area contributed by atoms with Crippen LogP contribution >= 0.6 is 11.6 Å². The predicted molar refractivity (Wildman–Crippen MR) is 124 cm³/mol. The number of nitrogens with one attached hydrogen (secondary N) is 1. The van der Waals surface area contributed by atoms with Crippen LogP contribution in [-0.2, 0) is 9.53 Å². The van der Waals surface area contributed by atoms with Crippen molar-refractivity contribution < 1.29 is 19.1 Å². The van der Waals surface area contributed by atoms with E-state index in [2.05, 4.69) is 5.32 Å². The largest absolute Gasteiger partial charge is 0.465 e. The predicted octanol–water partition coefficient (Wildman–Crippen LogP) is 4.29. The van der Waals surface area contributed by atoms with Crippen molar-refractivity contribution in [1.29, 1.82) is 0 Å². The Balaban J connectivity index is 1.64. The third-order valence-corrected chi connectivity index (χ3v) is 6.17. The van der Waals surface area contributed by atoms with E-state index in [1.54, 1.807) is 18.2 Å². The highest BCUT2D eigenvalue weighted by Gasteiger charge is 2.32. The summed E-state index contributed by atoms with van der Waals surface area (Å²) < 4.78 is 4.72. The number of esters is 1. The first kappa shape index (κ1) is 23.8. The number of carbonyl (C=O) groups is 3. The van der Waals surface area contributed by atoms with Crippen LogP contribution in [0.4, 0.5) is 0 Å². The zero-order chi connectivity index (χ0) is 23.3. The summed E-state index contributed by atoms with van der Waals surface area (Å²) in [4.78, 5) is 39.7. The molecule has 0 aromatic heterocycles. The van der Waals surface area contributed by atoms with Gasteiger partial charge in [-0.3, -0.25) is 9.59 Å². The maximum absolute atomic E-state index is 13.2. The fourth-order valence-electron chi connectivity index (χ4n) is 4.01. The maximum atomic E-state index is 13.2. The average molecular weight is 457 g/mol. The number of hydrogen-bond donors (Lipinski definition) is 1. The molecule has 1 atom stereocenters. The Morgan fingerprint density at radius 3 is 2.25 bits per heavy atom. The Kier molecular flexibility index (Phi) is 7.91. The third kappa shape index (κ3) is 5.68. The summed E-state index contributed by atoms with van der Waals surface area (Å²) in [7, 11) is 1.29. The van der Waals surface area contributed by atoms with Gasteiger partial charge in [0.2, 0.25) is 5.91 Å². The molecule has 1 aliphatic heterocycles. The van der Waals surface area contributed by atoms with Crippen LogP contribution in [0.25, 0.3) is 0 Å². The van der Waals surface area contributed by atoms with E-state index in [0.717, 1.165) is 12.8 Å². The minimum absolute atomic E-state index is 0.0768. The number of piperidine rings is 1. The molecule has 1 N–H and O–H groups in total. The summed E-state index contributed by atoms with van der Waals surface area (Å²) in [6.07, 6.45) is 1.74. The van der Waals surface area contributed by atoms with Crippen LogP contribution in [0.3, 0.4) is 0 Å². The van der Waals surface area contributed by atoms with Crippen LogP contribution in [0, 0.1) is 5.92 Å². The fraction of sp³-hybridized carbons (Fsp3) is 0.400. The molecule has 7 heteroatoms. The van der Waals surface area contributed by atoms with E-state index in [0.29, 0.717) is 29.6 Å². The Morgan fingerprint density at radius 2 is 1.66 bits per heavy atom. The summed E-state index contributed by atoms with van der Waals surface area (Å²) in [5, 5.41) is 3.58. The number of likely N-dealkylation sites (tertiary alicyclic amines) is 1. The molecule has 2 amide bonds. The van der Waals surface area contributed by atoms with Crippen LogP contribution in [0.15, 0.2) is 48.5 Å². The number of nitrogens with zero attached hydrogens (tertiary/aromatic N) is 1. The molecule has 1 unspecified atom stereocenters. The first-order valence-electron chi connectivity index (χ1n) is 10.8. The minimum Gasteiger partial charge on any atom is -0.465 e. The van der Waals surface area contributed by atoms with Gasteiger partial charge in [0.15, 0.2) is 0 Å². The molecule has 1 fully saturated rings. The van der Waals surface area contributed by atoms with Gasteiger partial charge in [0.25, 0.3) is 5.91 Å². The molecule has 0 aliphatic carbocycles. The van der Waals surface area contributed by atoms with Crippen LogP contribution in [-0.4, -0.2) is 48.9 Å². The molecule has 170 valence electrons. The molecule has 0 bridgehead atoms. The molecule has 1 saturated heterocycles. The maximum Gasteiger partial charge on any atom is 0.337 e. The van der Waals surface area contributed by atoms with E-state index in [-0.39, 0.29) is 23.3 Å². The lowest BCUT2D eigenvalue weighted by molar-refractivity contribution is -0.135. The Hall–Kier alpha value is -2.86. The van der Waals surface area contributed by atoms with Gasteiger partial charge in [0.1, 0.15) is 6.04 Å². The fourth-order valence-corrected chi connectivity index (χ4v) is 4.13. The number of carbonyl (C=O) groups excluding carboxylic acids is 3. The van der Waals surface area contributed by atoms with E-state index < -0.39 is 12.0 Å². The summed E-state index contributed by atoms with van der Waals surface area (Å²) in [5.74, 6) is -0.667. The molecule has 1 aliphatic rings. The van der Waals surface area contributed by atoms with Crippen molar-refractivity contribution in [2.75, 3.05) is 20.2 Å². The zero-order valence-corrected chi connectivity index (χ0v) is 19.4. The number of halogens is 1. The van der Waals surface area contributed by atoms with Crippen molar-refractivity contribution in [2.24, 2.45) is 5.92 Å². The summed E-state index contributed by atoms with van der Waals surface area (Å²) in [6, 6.07) is 13.5. The summed E-state index contributed by atoms with van der Waals surface area (Å²) in [6.45, 7) is 5.11. The first-order valence-corrected chi connectivity index (χ1v) is 11.2. The van der Waals surface area contributed by atoms with Crippen LogP contribution in [0.5, 0.6) is 0 Å². The Bertz CT molecular complexity index is 966. The molecule has 1 heterocycles. The highest BCUT2D eigenvalue weighted by molar-refractivity contribution is 6.30. The lowest BCUT2D eigenvalue weighted by Gasteiger charge is -2.35. The molecule has 2 aromatic carbocycles. The normalized spacial score (nSPS) is 15.3. The van der Waals surface area contributed by atoms with Crippen LogP contribution < -0.4 is 5.32 Å². The van der Waals surface area contributed by atoms with Crippen molar-refractivity contribution in [3.8, 4) is 0 Å². The Labute approximate surface area is 193 Å². The molecular formula is C25H29ClN2O4. The van der Waals surface area contributed by atoms with Crippen molar-refractivity contribution in [1.82, 2.24) is 10.2 Å². The summed E-state index contributed by atoms with van der Waals surface area (Å²) >= 11 is 5.99. The second-order valence-electron chi connectivity index (χ2n) is 8.42. The molecular weight excluding hydrogens is 428 g/mol. The highest BCUT2D eigenvalue weighted by atomic mass is 35.5. The van der Waals surface area contributed by atoms with Gasteiger partial charge >= 0.3 is 5.97 Å². The van der Waals surface area contributed by atoms with Gasteiger partial charge in [0.05, 0.1) is 12.7 Å². The number of ether oxygens (including phenoxy) is 1. The van der Waals surface area contributed by atoms with E-state index >= 15 is 0 Å². The topological polar surface area (TPSA) is 75.7 Å². The molecule has 32 heavy (non-hydrogen) atoms. The van der Waals surface area contributed by atoms with Crippen molar-refractivity contribution in [3.63, 3.8) is 0 Å². The second kappa shape index (κ2) is 10.6. The van der Waals surface area contributed by atoms with Gasteiger partial charge in [-0.1, -0.05) is 43.6 Å². The first-order chi connectivity index (χ1) is 15.3. The van der Waals surface area contributed by atoms with E-state index in [1.165, 1.54) is 18.7 Å². The smallest absolute Gasteiger partial charge is 0.337 e. The third-order valence-electron chi connectivity index (χ3n) is 5.91. The lowest BCUT2D eigenvalue weighted by atomic mass is 9.89. The molecule has 0 saturated carbocycles. The number of hydrogen-bond acceptors (Lipinski definition) is 4. The SMILES string of the molecule is COC(=O)c1cccc(C(=O)NC(C(=O)N2CCC(c3ccc(Cl)cc3)CC2)C(C)C)c1. The van der Waals surface area contributed by atoms with E-state index in [9.17, 15) is 14.4 Å². The molecule has 3 rings (SSSR count). The van der Waals surface area contributed by atoms with Gasteiger partial charge < -0.3 is 15.0 Å². The highest BCUT2D eigenvalue weighted by Crippen LogP contribution is 2.29. The second-order valence-corrected chi connectivity index (χ2v) is 8.86. The lowest BCUT2D eigenvalue weighted by Crippen LogP contribution is -2.52. The quantitative estimate of drug-likeness (QED) is 0.658. The number of methoxy groups -OCH3 is 1. The standard InChI is InChI=1S/C25H29ClN2O4/c1-16(2)22(27-23(29)19-5-4-6-20(15-19)25(31)32-3)24(30)28-13-11-18(12-14-28)17-7-9-21(26)10-8-17/h4-10,15-16,18,22H,11-14H2,1-3H3,(H,27,29). The molecule has 2 aromatic rings. The summed E-state index contributed by atoms with van der Waals surface area (Å²) in [5.41, 5.74) is 1.84. The monoisotopic (exact) mass is 456 g/mol. The van der Waals surface area contributed by atoms with Crippen LogP contribution in [0.1, 0.15) is 58.9 Å². The van der Waals surface area contributed by atoms with Gasteiger partial charge in [0, 0.05) is 23.7 Å². The molecule has 0 spiro atoms. The van der Waals surface area contributed by atoms with Crippen molar-refractivity contribution in [3.05, 3.63) is 70.2 Å². The number of rotatable bonds is 6. The van der Waals surface area contributed by atoms with Crippen LogP contribution in [0.2, 0.25) is 5.02 Å². The number of amides is 2. The van der Waals surface area contributed by atoms with Gasteiger partial charge in [-0.05, 0) is 60.6 Å². The zero-order valence-electron chi connectivity index (χ0n) is 18.6. The minimum atomic E-state index is -0.642. The van der Waals surface area contributed by atoms with Crippen molar-refractivity contribution >= 4 is 29.4 Å². The van der Waals surface area contributed by atoms with Gasteiger partial charge in [-0.25, -0.2) is 4.79 Å². The van der Waals surface area contributed by atoms with E-state index in [1.807, 2.05) is 43.0 Å². The van der Waals surface area contributed by atoms with Gasteiger partial charge in [-0.2, -0.15) is 0 Å². The van der Waals surface area contributed by atoms with Crippen molar-refractivity contribution in [2.45, 2.75) is 38.6 Å².